The summed E-state index contributed by atoms with van der Waals surface area (Å²) in [6.07, 6.45) is 3.23. The highest BCUT2D eigenvalue weighted by atomic mass is 35.5. The van der Waals surface area contributed by atoms with Crippen molar-refractivity contribution in [2.45, 2.75) is 32.2 Å². The number of nitrogens with zero attached hydrogens (tertiary/aromatic N) is 1. The van der Waals surface area contributed by atoms with E-state index in [1.165, 1.54) is 6.42 Å². The zero-order chi connectivity index (χ0) is 13.7. The van der Waals surface area contributed by atoms with Crippen LogP contribution in [0.3, 0.4) is 0 Å². The van der Waals surface area contributed by atoms with Crippen molar-refractivity contribution in [2.75, 3.05) is 12.3 Å². The van der Waals surface area contributed by atoms with Crippen molar-refractivity contribution in [1.29, 1.82) is 0 Å². The minimum absolute atomic E-state index is 0.583. The topological polar surface area (TPSA) is 24.4 Å². The van der Waals surface area contributed by atoms with E-state index in [0.717, 1.165) is 40.9 Å². The lowest BCUT2D eigenvalue weighted by atomic mass is 10.1. The zero-order valence-corrected chi connectivity index (χ0v) is 13.3. The number of halogens is 2. The summed E-state index contributed by atoms with van der Waals surface area (Å²) >= 11 is 13.8. The Labute approximate surface area is 129 Å². The van der Waals surface area contributed by atoms with Gasteiger partial charge in [0.05, 0.1) is 0 Å². The number of hydrogen-bond acceptors (Lipinski definition) is 2. The summed E-state index contributed by atoms with van der Waals surface area (Å²) in [6.45, 7) is 2.96. The second kappa shape index (κ2) is 7.41. The lowest BCUT2D eigenvalue weighted by Crippen LogP contribution is -2.37. The third-order valence-corrected chi connectivity index (χ3v) is 4.72. The van der Waals surface area contributed by atoms with Crippen molar-refractivity contribution >= 4 is 40.1 Å². The van der Waals surface area contributed by atoms with Crippen molar-refractivity contribution in [3.63, 3.8) is 0 Å². The number of benzene rings is 1. The summed E-state index contributed by atoms with van der Waals surface area (Å²) in [5.74, 6) is 1.16. The summed E-state index contributed by atoms with van der Waals surface area (Å²) in [5.41, 5.74) is 1.10. The van der Waals surface area contributed by atoms with Gasteiger partial charge in [-0.1, -0.05) is 48.0 Å². The van der Waals surface area contributed by atoms with Crippen LogP contribution in [0.5, 0.6) is 0 Å². The van der Waals surface area contributed by atoms with Gasteiger partial charge in [0.15, 0.2) is 5.17 Å². The zero-order valence-electron chi connectivity index (χ0n) is 11.0. The van der Waals surface area contributed by atoms with Gasteiger partial charge in [-0.3, -0.25) is 4.99 Å². The lowest BCUT2D eigenvalue weighted by Gasteiger charge is -2.24. The highest BCUT2D eigenvalue weighted by Crippen LogP contribution is 2.21. The van der Waals surface area contributed by atoms with Crippen LogP contribution in [0.25, 0.3) is 0 Å². The van der Waals surface area contributed by atoms with E-state index < -0.39 is 0 Å². The maximum absolute atomic E-state index is 6.14. The minimum atomic E-state index is 0.583. The standard InChI is InChI=1S/C14H18Cl2N2S/c1-2-12-6-8-19-14(18-12)17-7-5-10-3-4-11(15)9-13(10)16/h3-4,9,12H,2,5-8H2,1H3,(H,17,18). The molecule has 2 rings (SSSR count). The van der Waals surface area contributed by atoms with E-state index in [1.54, 1.807) is 6.07 Å². The van der Waals surface area contributed by atoms with E-state index in [1.807, 2.05) is 23.9 Å². The van der Waals surface area contributed by atoms with E-state index in [4.69, 9.17) is 23.2 Å². The molecule has 0 radical (unpaired) electrons. The third kappa shape index (κ3) is 4.59. The largest absolute Gasteiger partial charge is 0.362 e. The first-order valence-corrected chi connectivity index (χ1v) is 8.31. The smallest absolute Gasteiger partial charge is 0.156 e. The number of rotatable bonds is 4. The van der Waals surface area contributed by atoms with Crippen molar-refractivity contribution < 1.29 is 0 Å². The molecule has 1 saturated heterocycles. The molecule has 1 unspecified atom stereocenters. The highest BCUT2D eigenvalue weighted by Gasteiger charge is 2.15. The average Bonchev–Trinajstić information content (AvgIpc) is 2.41. The van der Waals surface area contributed by atoms with Gasteiger partial charge in [0.25, 0.3) is 0 Å². The summed E-state index contributed by atoms with van der Waals surface area (Å²) in [7, 11) is 0. The number of thioether (sulfide) groups is 1. The Morgan fingerprint density at radius 3 is 3.00 bits per heavy atom. The molecule has 1 fully saturated rings. The normalized spacial score (nSPS) is 21.4. The van der Waals surface area contributed by atoms with Crippen molar-refractivity contribution in [3.05, 3.63) is 33.8 Å². The molecule has 0 bridgehead atoms. The molecule has 5 heteroatoms. The monoisotopic (exact) mass is 316 g/mol. The summed E-state index contributed by atoms with van der Waals surface area (Å²) < 4.78 is 0. The van der Waals surface area contributed by atoms with Crippen LogP contribution in [0.2, 0.25) is 10.0 Å². The quantitative estimate of drug-likeness (QED) is 0.890. The van der Waals surface area contributed by atoms with Gasteiger partial charge in [0, 0.05) is 28.4 Å². The highest BCUT2D eigenvalue weighted by molar-refractivity contribution is 8.13. The number of hydrogen-bond donors (Lipinski definition) is 1. The van der Waals surface area contributed by atoms with Gasteiger partial charge in [0.2, 0.25) is 0 Å². The Bertz CT molecular complexity index is 463. The second-order valence-electron chi connectivity index (χ2n) is 4.56. The van der Waals surface area contributed by atoms with E-state index in [2.05, 4.69) is 17.2 Å². The molecule has 0 aromatic heterocycles. The van der Waals surface area contributed by atoms with Crippen LogP contribution in [0.4, 0.5) is 0 Å². The molecule has 0 amide bonds. The predicted molar refractivity (Wildman–Crippen MR) is 86.8 cm³/mol. The van der Waals surface area contributed by atoms with Crippen LogP contribution in [0, 0.1) is 0 Å². The van der Waals surface area contributed by atoms with Crippen LogP contribution in [0.1, 0.15) is 25.3 Å². The van der Waals surface area contributed by atoms with Crippen LogP contribution in [-0.4, -0.2) is 23.5 Å². The molecule has 1 aromatic carbocycles. The number of nitrogens with one attached hydrogen (secondary N) is 1. The van der Waals surface area contributed by atoms with E-state index in [9.17, 15) is 0 Å². The molecule has 0 aliphatic carbocycles. The van der Waals surface area contributed by atoms with Gasteiger partial charge in [-0.25, -0.2) is 0 Å². The van der Waals surface area contributed by atoms with Crippen LogP contribution < -0.4 is 5.32 Å². The van der Waals surface area contributed by atoms with Gasteiger partial charge in [0.1, 0.15) is 0 Å². The van der Waals surface area contributed by atoms with Crippen LogP contribution in [-0.2, 0) is 6.42 Å². The third-order valence-electron chi connectivity index (χ3n) is 3.18. The van der Waals surface area contributed by atoms with E-state index in [0.29, 0.717) is 11.1 Å². The van der Waals surface area contributed by atoms with Gasteiger partial charge < -0.3 is 5.32 Å². The number of amidine groups is 1. The van der Waals surface area contributed by atoms with E-state index >= 15 is 0 Å². The van der Waals surface area contributed by atoms with Gasteiger partial charge in [-0.2, -0.15) is 0 Å². The van der Waals surface area contributed by atoms with Crippen molar-refractivity contribution in [3.8, 4) is 0 Å². The molecule has 1 heterocycles. The Morgan fingerprint density at radius 1 is 1.42 bits per heavy atom. The molecule has 104 valence electrons. The van der Waals surface area contributed by atoms with Gasteiger partial charge in [-0.15, -0.1) is 0 Å². The van der Waals surface area contributed by atoms with Gasteiger partial charge >= 0.3 is 0 Å². The summed E-state index contributed by atoms with van der Waals surface area (Å²) in [4.78, 5) is 4.62. The number of aliphatic imine (C=N–C) groups is 1. The SMILES string of the molecule is CCC1CCSC(=NCCc2ccc(Cl)cc2Cl)N1. The summed E-state index contributed by atoms with van der Waals surface area (Å²) in [6, 6.07) is 6.21. The Balaban J connectivity index is 1.88. The Kier molecular flexibility index (Phi) is 5.86. The minimum Gasteiger partial charge on any atom is -0.362 e. The summed E-state index contributed by atoms with van der Waals surface area (Å²) in [5, 5.41) is 5.95. The lowest BCUT2D eigenvalue weighted by molar-refractivity contribution is 0.570. The fraction of sp³-hybridized carbons (Fsp3) is 0.500. The van der Waals surface area contributed by atoms with Crippen LogP contribution >= 0.6 is 35.0 Å². The van der Waals surface area contributed by atoms with Crippen molar-refractivity contribution in [2.24, 2.45) is 4.99 Å². The molecule has 0 spiro atoms. The Hall–Kier alpha value is -0.380. The molecule has 1 N–H and O–H groups in total. The first-order valence-electron chi connectivity index (χ1n) is 6.56. The molecular weight excluding hydrogens is 299 g/mol. The molecule has 0 saturated carbocycles. The molecule has 1 aromatic rings. The second-order valence-corrected chi connectivity index (χ2v) is 6.49. The van der Waals surface area contributed by atoms with E-state index in [-0.39, 0.29) is 0 Å². The first kappa shape index (κ1) is 15.0. The molecule has 2 nitrogen and oxygen atoms in total. The van der Waals surface area contributed by atoms with Crippen LogP contribution in [0.15, 0.2) is 23.2 Å². The fourth-order valence-electron chi connectivity index (χ4n) is 1.99. The molecular formula is C14H18Cl2N2S. The van der Waals surface area contributed by atoms with Gasteiger partial charge in [-0.05, 0) is 37.0 Å². The molecule has 19 heavy (non-hydrogen) atoms. The molecule has 1 atom stereocenters. The molecule has 1 aliphatic heterocycles. The van der Waals surface area contributed by atoms with Crippen molar-refractivity contribution in [1.82, 2.24) is 5.32 Å². The fourth-order valence-corrected chi connectivity index (χ4v) is 3.52. The predicted octanol–water partition coefficient (Wildman–Crippen LogP) is 4.40. The first-order chi connectivity index (χ1) is 9.19. The maximum Gasteiger partial charge on any atom is 0.156 e. The Morgan fingerprint density at radius 2 is 2.26 bits per heavy atom. The average molecular weight is 317 g/mol. The maximum atomic E-state index is 6.14. The molecule has 1 aliphatic rings.